The Morgan fingerprint density at radius 2 is 1.95 bits per heavy atom. The van der Waals surface area contributed by atoms with Crippen LogP contribution in [0.4, 0.5) is 0 Å². The van der Waals surface area contributed by atoms with Crippen molar-refractivity contribution >= 4 is 10.2 Å². The molecule has 1 saturated heterocycles. The molecule has 1 aromatic rings. The van der Waals surface area contributed by atoms with Gasteiger partial charge in [0.15, 0.2) is 0 Å². The summed E-state index contributed by atoms with van der Waals surface area (Å²) in [6.45, 7) is 3.38. The van der Waals surface area contributed by atoms with E-state index in [0.29, 0.717) is 19.6 Å². The fourth-order valence-electron chi connectivity index (χ4n) is 2.83. The van der Waals surface area contributed by atoms with Gasteiger partial charge in [-0.1, -0.05) is 30.7 Å². The molecular weight excluding hydrogens is 286 g/mol. The van der Waals surface area contributed by atoms with Gasteiger partial charge in [-0.25, -0.2) is 0 Å². The van der Waals surface area contributed by atoms with Gasteiger partial charge in [-0.3, -0.25) is 0 Å². The van der Waals surface area contributed by atoms with E-state index in [2.05, 4.69) is 0 Å². The lowest BCUT2D eigenvalue weighted by molar-refractivity contribution is 0.249. The lowest BCUT2D eigenvalue weighted by Crippen LogP contribution is -2.48. The summed E-state index contributed by atoms with van der Waals surface area (Å²) in [5, 5.41) is 0. The van der Waals surface area contributed by atoms with Gasteiger partial charge in [-0.15, -0.1) is 0 Å². The zero-order valence-electron chi connectivity index (χ0n) is 12.8. The first-order valence-corrected chi connectivity index (χ1v) is 8.86. The molecule has 118 valence electrons. The predicted molar refractivity (Wildman–Crippen MR) is 84.7 cm³/mol. The van der Waals surface area contributed by atoms with Gasteiger partial charge >= 0.3 is 0 Å². The van der Waals surface area contributed by atoms with Crippen LogP contribution in [0.2, 0.25) is 0 Å². The number of piperidine rings is 1. The van der Waals surface area contributed by atoms with E-state index in [9.17, 15) is 8.42 Å². The Morgan fingerprint density at radius 3 is 2.57 bits per heavy atom. The summed E-state index contributed by atoms with van der Waals surface area (Å²) in [4.78, 5) is 0. The van der Waals surface area contributed by atoms with Crippen molar-refractivity contribution in [1.29, 1.82) is 0 Å². The molecule has 21 heavy (non-hydrogen) atoms. The number of rotatable bonds is 5. The average Bonchev–Trinajstić information content (AvgIpc) is 2.48. The molecule has 0 spiro atoms. The van der Waals surface area contributed by atoms with Gasteiger partial charge in [0.1, 0.15) is 0 Å². The second-order valence-electron chi connectivity index (χ2n) is 5.69. The highest BCUT2D eigenvalue weighted by Crippen LogP contribution is 2.23. The summed E-state index contributed by atoms with van der Waals surface area (Å²) in [6, 6.07) is 7.80. The normalized spacial score (nSPS) is 20.9. The van der Waals surface area contributed by atoms with Crippen LogP contribution in [-0.2, 0) is 23.3 Å². The molecule has 6 heteroatoms. The van der Waals surface area contributed by atoms with Crippen molar-refractivity contribution < 1.29 is 8.42 Å². The van der Waals surface area contributed by atoms with Gasteiger partial charge in [-0.2, -0.15) is 17.0 Å². The maximum atomic E-state index is 12.7. The third-order valence-electron chi connectivity index (χ3n) is 4.16. The highest BCUT2D eigenvalue weighted by molar-refractivity contribution is 7.86. The highest BCUT2D eigenvalue weighted by Gasteiger charge is 2.32. The second-order valence-corrected chi connectivity index (χ2v) is 7.68. The molecule has 1 fully saturated rings. The maximum absolute atomic E-state index is 12.7. The molecule has 2 rings (SSSR count). The van der Waals surface area contributed by atoms with Crippen molar-refractivity contribution in [2.75, 3.05) is 13.6 Å². The van der Waals surface area contributed by atoms with Gasteiger partial charge in [0.2, 0.25) is 0 Å². The average molecular weight is 311 g/mol. The Morgan fingerprint density at radius 1 is 1.29 bits per heavy atom. The molecule has 0 amide bonds. The number of hydrogen-bond donors (Lipinski definition) is 1. The number of nitrogens with two attached hydrogens (primary N) is 1. The van der Waals surface area contributed by atoms with Crippen LogP contribution in [0.25, 0.3) is 0 Å². The minimum absolute atomic E-state index is 0.0796. The van der Waals surface area contributed by atoms with Crippen molar-refractivity contribution in [3.05, 3.63) is 35.4 Å². The van der Waals surface area contributed by atoms with E-state index in [-0.39, 0.29) is 6.04 Å². The van der Waals surface area contributed by atoms with Crippen molar-refractivity contribution in [3.8, 4) is 0 Å². The standard InChI is InChI=1S/C15H25N3O2S/c1-13-7-5-6-10-18(13)21(19,20)17(2)12-15-9-4-3-8-14(15)11-16/h3-4,8-9,13H,5-7,10-12,16H2,1-2H3. The van der Waals surface area contributed by atoms with Crippen LogP contribution < -0.4 is 5.73 Å². The first kappa shape index (κ1) is 16.4. The molecule has 0 aromatic heterocycles. The Bertz CT molecular complexity index is 574. The van der Waals surface area contributed by atoms with Gasteiger partial charge in [0, 0.05) is 32.7 Å². The van der Waals surface area contributed by atoms with Crippen LogP contribution in [0.3, 0.4) is 0 Å². The zero-order valence-corrected chi connectivity index (χ0v) is 13.6. The van der Waals surface area contributed by atoms with E-state index in [0.717, 1.165) is 30.4 Å². The molecule has 0 saturated carbocycles. The SMILES string of the molecule is CC1CCCCN1S(=O)(=O)N(C)Cc1ccccc1CN. The zero-order chi connectivity index (χ0) is 15.5. The lowest BCUT2D eigenvalue weighted by Gasteiger charge is -2.35. The van der Waals surface area contributed by atoms with Crippen molar-refractivity contribution in [3.63, 3.8) is 0 Å². The lowest BCUT2D eigenvalue weighted by atomic mass is 10.1. The molecule has 0 bridgehead atoms. The summed E-state index contributed by atoms with van der Waals surface area (Å²) >= 11 is 0. The fourth-order valence-corrected chi connectivity index (χ4v) is 4.41. The molecule has 5 nitrogen and oxygen atoms in total. The molecule has 1 heterocycles. The predicted octanol–water partition coefficient (Wildman–Crippen LogP) is 1.70. The van der Waals surface area contributed by atoms with Crippen LogP contribution in [0.15, 0.2) is 24.3 Å². The van der Waals surface area contributed by atoms with E-state index >= 15 is 0 Å². The van der Waals surface area contributed by atoms with E-state index in [1.807, 2.05) is 31.2 Å². The fraction of sp³-hybridized carbons (Fsp3) is 0.600. The molecule has 0 radical (unpaired) electrons. The van der Waals surface area contributed by atoms with E-state index in [4.69, 9.17) is 5.73 Å². The Labute approximate surface area is 127 Å². The largest absolute Gasteiger partial charge is 0.326 e. The third kappa shape index (κ3) is 3.63. The van der Waals surface area contributed by atoms with Gasteiger partial charge in [-0.05, 0) is 30.9 Å². The summed E-state index contributed by atoms with van der Waals surface area (Å²) in [5.41, 5.74) is 7.68. The molecule has 1 aromatic carbocycles. The van der Waals surface area contributed by atoms with Crippen LogP contribution in [0.1, 0.15) is 37.3 Å². The third-order valence-corrected chi connectivity index (χ3v) is 6.22. The molecule has 2 N–H and O–H groups in total. The Hall–Kier alpha value is -0.950. The summed E-state index contributed by atoms with van der Waals surface area (Å²) < 4.78 is 28.5. The minimum Gasteiger partial charge on any atom is -0.326 e. The van der Waals surface area contributed by atoms with E-state index in [1.165, 1.54) is 4.31 Å². The molecule has 1 aliphatic rings. The maximum Gasteiger partial charge on any atom is 0.282 e. The second kappa shape index (κ2) is 6.87. The molecule has 1 unspecified atom stereocenters. The van der Waals surface area contributed by atoms with Crippen molar-refractivity contribution in [2.24, 2.45) is 5.73 Å². The quantitative estimate of drug-likeness (QED) is 0.900. The number of nitrogens with zero attached hydrogens (tertiary/aromatic N) is 2. The minimum atomic E-state index is -3.41. The van der Waals surface area contributed by atoms with Crippen molar-refractivity contribution in [1.82, 2.24) is 8.61 Å². The molecular formula is C15H25N3O2S. The van der Waals surface area contributed by atoms with E-state index in [1.54, 1.807) is 11.4 Å². The van der Waals surface area contributed by atoms with Gasteiger partial charge in [0.05, 0.1) is 0 Å². The van der Waals surface area contributed by atoms with Gasteiger partial charge < -0.3 is 5.73 Å². The van der Waals surface area contributed by atoms with E-state index < -0.39 is 10.2 Å². The summed E-state index contributed by atoms with van der Waals surface area (Å²) in [6.07, 6.45) is 2.98. The van der Waals surface area contributed by atoms with Crippen LogP contribution in [-0.4, -0.2) is 36.7 Å². The summed E-state index contributed by atoms with van der Waals surface area (Å²) in [5.74, 6) is 0. The first-order chi connectivity index (χ1) is 9.96. The first-order valence-electron chi connectivity index (χ1n) is 7.46. The topological polar surface area (TPSA) is 66.6 Å². The van der Waals surface area contributed by atoms with Gasteiger partial charge in [0.25, 0.3) is 10.2 Å². The van der Waals surface area contributed by atoms with Crippen LogP contribution in [0.5, 0.6) is 0 Å². The molecule has 0 aliphatic carbocycles. The van der Waals surface area contributed by atoms with Crippen LogP contribution >= 0.6 is 0 Å². The smallest absolute Gasteiger partial charge is 0.282 e. The molecule has 1 aliphatic heterocycles. The van der Waals surface area contributed by atoms with Crippen LogP contribution in [0, 0.1) is 0 Å². The monoisotopic (exact) mass is 311 g/mol. The number of benzene rings is 1. The highest BCUT2D eigenvalue weighted by atomic mass is 32.2. The molecule has 1 atom stereocenters. The Kier molecular flexibility index (Phi) is 5.37. The summed E-state index contributed by atoms with van der Waals surface area (Å²) in [7, 11) is -1.77. The van der Waals surface area contributed by atoms with Crippen molar-refractivity contribution in [2.45, 2.75) is 45.3 Å². The number of hydrogen-bond acceptors (Lipinski definition) is 3. The Balaban J connectivity index is 2.16.